The first-order chi connectivity index (χ1) is 4.79. The molecule has 0 aliphatic heterocycles. The lowest BCUT2D eigenvalue weighted by Crippen LogP contribution is -1.86. The number of hydrogen-bond donors (Lipinski definition) is 0. The van der Waals surface area contributed by atoms with Crippen LogP contribution in [0.1, 0.15) is 40.0 Å². The van der Waals surface area contributed by atoms with Crippen molar-refractivity contribution < 1.29 is 0 Å². The zero-order valence-electron chi connectivity index (χ0n) is 7.35. The molecule has 10 heavy (non-hydrogen) atoms. The molecule has 0 radical (unpaired) electrons. The van der Waals surface area contributed by atoms with E-state index in [0.717, 1.165) is 11.8 Å². The van der Waals surface area contributed by atoms with Crippen molar-refractivity contribution in [3.8, 4) is 0 Å². The molecule has 1 fully saturated rings. The van der Waals surface area contributed by atoms with Crippen LogP contribution in [0, 0.1) is 11.8 Å². The Morgan fingerprint density at radius 1 is 1.60 bits per heavy atom. The van der Waals surface area contributed by atoms with Gasteiger partial charge in [-0.3, -0.25) is 0 Å². The third-order valence-electron chi connectivity index (χ3n) is 2.50. The quantitative estimate of drug-likeness (QED) is 0.524. The summed E-state index contributed by atoms with van der Waals surface area (Å²) in [5.74, 6) is 1.95. The van der Waals surface area contributed by atoms with Crippen molar-refractivity contribution in [1.82, 2.24) is 0 Å². The van der Waals surface area contributed by atoms with Crippen LogP contribution in [-0.4, -0.2) is 0 Å². The molecule has 1 rings (SSSR count). The van der Waals surface area contributed by atoms with Crippen LogP contribution >= 0.6 is 0 Å². The molecule has 0 heterocycles. The van der Waals surface area contributed by atoms with Crippen LogP contribution in [-0.2, 0) is 0 Å². The van der Waals surface area contributed by atoms with Gasteiger partial charge >= 0.3 is 0 Å². The Kier molecular flexibility index (Phi) is 2.53. The molecule has 0 heteroatoms. The summed E-state index contributed by atoms with van der Waals surface area (Å²) in [6, 6.07) is 0. The molecule has 0 spiro atoms. The van der Waals surface area contributed by atoms with E-state index in [0.29, 0.717) is 0 Å². The van der Waals surface area contributed by atoms with Crippen molar-refractivity contribution >= 4 is 0 Å². The molecule has 0 saturated heterocycles. The number of hydrogen-bond acceptors (Lipinski definition) is 0. The maximum Gasteiger partial charge on any atom is -0.0175 e. The third-order valence-corrected chi connectivity index (χ3v) is 2.50. The summed E-state index contributed by atoms with van der Waals surface area (Å²) in [4.78, 5) is 0. The normalized spacial score (nSPS) is 32.5. The zero-order valence-corrected chi connectivity index (χ0v) is 7.35. The minimum atomic E-state index is 0.963. The highest BCUT2D eigenvalue weighted by molar-refractivity contribution is 5.13. The van der Waals surface area contributed by atoms with Crippen LogP contribution in [0.3, 0.4) is 0 Å². The summed E-state index contributed by atoms with van der Waals surface area (Å²) in [6.07, 6.45) is 6.39. The molecule has 0 aromatic carbocycles. The number of rotatable bonds is 3. The highest BCUT2D eigenvalue weighted by Crippen LogP contribution is 2.44. The third kappa shape index (κ3) is 1.62. The summed E-state index contributed by atoms with van der Waals surface area (Å²) >= 11 is 0. The van der Waals surface area contributed by atoms with Gasteiger partial charge < -0.3 is 0 Å². The Labute approximate surface area is 64.3 Å². The van der Waals surface area contributed by atoms with E-state index in [9.17, 15) is 0 Å². The second-order valence-electron chi connectivity index (χ2n) is 3.43. The molecule has 1 aliphatic rings. The smallest absolute Gasteiger partial charge is 0.0175 e. The Morgan fingerprint density at radius 2 is 2.20 bits per heavy atom. The van der Waals surface area contributed by atoms with Gasteiger partial charge in [0.1, 0.15) is 0 Å². The fraction of sp³-hybridized carbons (Fsp3) is 0.800. The lowest BCUT2D eigenvalue weighted by Gasteiger charge is -2.01. The second kappa shape index (κ2) is 3.23. The molecule has 0 aromatic heterocycles. The van der Waals surface area contributed by atoms with Crippen LogP contribution in [0.4, 0.5) is 0 Å². The van der Waals surface area contributed by atoms with E-state index in [-0.39, 0.29) is 0 Å². The maximum absolute atomic E-state index is 2.35. The summed E-state index contributed by atoms with van der Waals surface area (Å²) in [6.45, 7) is 6.79. The first-order valence-corrected chi connectivity index (χ1v) is 4.44. The van der Waals surface area contributed by atoms with Crippen molar-refractivity contribution in [2.24, 2.45) is 11.8 Å². The summed E-state index contributed by atoms with van der Waals surface area (Å²) in [5.41, 5.74) is 1.70. The van der Waals surface area contributed by atoms with Crippen molar-refractivity contribution in [3.05, 3.63) is 11.6 Å². The lowest BCUT2D eigenvalue weighted by molar-refractivity contribution is 0.771. The van der Waals surface area contributed by atoms with E-state index in [2.05, 4.69) is 26.8 Å². The monoisotopic (exact) mass is 138 g/mol. The summed E-state index contributed by atoms with van der Waals surface area (Å²) in [5, 5.41) is 0. The van der Waals surface area contributed by atoms with E-state index >= 15 is 0 Å². The average Bonchev–Trinajstić information content (AvgIpc) is 2.62. The van der Waals surface area contributed by atoms with Crippen LogP contribution in [0.2, 0.25) is 0 Å². The van der Waals surface area contributed by atoms with E-state index < -0.39 is 0 Å². The van der Waals surface area contributed by atoms with Gasteiger partial charge in [0, 0.05) is 0 Å². The molecule has 0 N–H and O–H groups in total. The Hall–Kier alpha value is -0.260. The molecule has 0 nitrogen and oxygen atoms in total. The van der Waals surface area contributed by atoms with Crippen molar-refractivity contribution in [2.45, 2.75) is 40.0 Å². The highest BCUT2D eigenvalue weighted by atomic mass is 14.4. The standard InChI is InChI=1S/C10H18/c1-4-6-9(5-2)10-7-8(10)3/h5,8,10H,4,6-7H2,1-3H3. The first-order valence-electron chi connectivity index (χ1n) is 4.44. The van der Waals surface area contributed by atoms with Gasteiger partial charge in [-0.15, -0.1) is 0 Å². The van der Waals surface area contributed by atoms with Gasteiger partial charge in [-0.25, -0.2) is 0 Å². The molecule has 0 aromatic rings. The Bertz CT molecular complexity index is 133. The molecule has 0 amide bonds. The van der Waals surface area contributed by atoms with E-state index in [1.165, 1.54) is 19.3 Å². The zero-order chi connectivity index (χ0) is 7.56. The molecular weight excluding hydrogens is 120 g/mol. The summed E-state index contributed by atoms with van der Waals surface area (Å²) < 4.78 is 0. The summed E-state index contributed by atoms with van der Waals surface area (Å²) in [7, 11) is 0. The first kappa shape index (κ1) is 7.84. The molecule has 2 atom stereocenters. The van der Waals surface area contributed by atoms with Crippen molar-refractivity contribution in [3.63, 3.8) is 0 Å². The fourth-order valence-corrected chi connectivity index (χ4v) is 1.67. The van der Waals surface area contributed by atoms with Gasteiger partial charge in [0.2, 0.25) is 0 Å². The van der Waals surface area contributed by atoms with Crippen molar-refractivity contribution in [1.29, 1.82) is 0 Å². The van der Waals surface area contributed by atoms with Gasteiger partial charge in [-0.1, -0.05) is 31.9 Å². The average molecular weight is 138 g/mol. The molecular formula is C10H18. The van der Waals surface area contributed by atoms with Crippen LogP contribution in [0.25, 0.3) is 0 Å². The van der Waals surface area contributed by atoms with Gasteiger partial charge in [0.05, 0.1) is 0 Å². The topological polar surface area (TPSA) is 0 Å². The predicted molar refractivity (Wildman–Crippen MR) is 45.9 cm³/mol. The van der Waals surface area contributed by atoms with E-state index in [4.69, 9.17) is 0 Å². The van der Waals surface area contributed by atoms with Gasteiger partial charge in [-0.05, 0) is 31.6 Å². The fourth-order valence-electron chi connectivity index (χ4n) is 1.67. The van der Waals surface area contributed by atoms with Crippen LogP contribution in [0.5, 0.6) is 0 Å². The van der Waals surface area contributed by atoms with Gasteiger partial charge in [0.15, 0.2) is 0 Å². The Balaban J connectivity index is 2.36. The maximum atomic E-state index is 2.35. The molecule has 2 unspecified atom stereocenters. The highest BCUT2D eigenvalue weighted by Gasteiger charge is 2.34. The molecule has 58 valence electrons. The minimum absolute atomic E-state index is 0.963. The SMILES string of the molecule is CC=C(CCC)C1CC1C. The number of allylic oxidation sites excluding steroid dienone is 2. The molecule has 1 saturated carbocycles. The predicted octanol–water partition coefficient (Wildman–Crippen LogP) is 3.39. The second-order valence-corrected chi connectivity index (χ2v) is 3.43. The largest absolute Gasteiger partial charge is 0.0882 e. The van der Waals surface area contributed by atoms with E-state index in [1.54, 1.807) is 5.57 Å². The molecule has 0 bridgehead atoms. The van der Waals surface area contributed by atoms with Gasteiger partial charge in [-0.2, -0.15) is 0 Å². The van der Waals surface area contributed by atoms with Crippen molar-refractivity contribution in [2.75, 3.05) is 0 Å². The molecule has 1 aliphatic carbocycles. The van der Waals surface area contributed by atoms with E-state index in [1.807, 2.05) is 0 Å². The van der Waals surface area contributed by atoms with Crippen LogP contribution in [0.15, 0.2) is 11.6 Å². The van der Waals surface area contributed by atoms with Gasteiger partial charge in [0.25, 0.3) is 0 Å². The van der Waals surface area contributed by atoms with Crippen LogP contribution < -0.4 is 0 Å². The minimum Gasteiger partial charge on any atom is -0.0882 e. The Morgan fingerprint density at radius 3 is 2.50 bits per heavy atom. The lowest BCUT2D eigenvalue weighted by atomic mass is 10.0.